The molecule has 0 aliphatic heterocycles. The number of likely N-dealkylation sites (N-methyl/N-ethyl adjacent to an activating group) is 1. The zero-order valence-corrected chi connectivity index (χ0v) is 13.3. The van der Waals surface area contributed by atoms with Gasteiger partial charge >= 0.3 is 0 Å². The standard InChI is InChI=1S/C14H16BrFN2S/c1-3-17-13(14-8-18-9(2)19-14)7-10-6-11(16)4-5-12(10)15/h4-6,8,13,17H,3,7H2,1-2H3. The third-order valence-electron chi connectivity index (χ3n) is 2.86. The predicted molar refractivity (Wildman–Crippen MR) is 81.1 cm³/mol. The summed E-state index contributed by atoms with van der Waals surface area (Å²) in [5, 5.41) is 4.49. The van der Waals surface area contributed by atoms with Crippen LogP contribution in [0.4, 0.5) is 4.39 Å². The van der Waals surface area contributed by atoms with Crippen molar-refractivity contribution in [3.63, 3.8) is 0 Å². The van der Waals surface area contributed by atoms with Gasteiger partial charge in [0, 0.05) is 21.6 Å². The zero-order valence-electron chi connectivity index (χ0n) is 10.9. The van der Waals surface area contributed by atoms with Gasteiger partial charge in [-0.25, -0.2) is 9.37 Å². The van der Waals surface area contributed by atoms with E-state index in [1.165, 1.54) is 10.9 Å². The highest BCUT2D eigenvalue weighted by Crippen LogP contribution is 2.27. The largest absolute Gasteiger partial charge is 0.309 e. The fourth-order valence-corrected chi connectivity index (χ4v) is 3.25. The molecule has 1 atom stereocenters. The van der Waals surface area contributed by atoms with Crippen LogP contribution in [-0.4, -0.2) is 11.5 Å². The number of aromatic nitrogens is 1. The smallest absolute Gasteiger partial charge is 0.123 e. The first kappa shape index (κ1) is 14.6. The van der Waals surface area contributed by atoms with Crippen LogP contribution in [0.1, 0.15) is 28.4 Å². The second-order valence-electron chi connectivity index (χ2n) is 4.33. The summed E-state index contributed by atoms with van der Waals surface area (Å²) < 4.78 is 14.3. The van der Waals surface area contributed by atoms with E-state index in [-0.39, 0.29) is 11.9 Å². The quantitative estimate of drug-likeness (QED) is 0.878. The summed E-state index contributed by atoms with van der Waals surface area (Å²) in [6, 6.07) is 4.98. The molecular formula is C14H16BrFN2S. The van der Waals surface area contributed by atoms with Crippen LogP contribution in [0.5, 0.6) is 0 Å². The minimum absolute atomic E-state index is 0.175. The Balaban J connectivity index is 2.23. The Labute approximate surface area is 125 Å². The van der Waals surface area contributed by atoms with E-state index in [1.807, 2.05) is 13.1 Å². The number of rotatable bonds is 5. The number of aryl methyl sites for hydroxylation is 1. The van der Waals surface area contributed by atoms with Gasteiger partial charge in [0.2, 0.25) is 0 Å². The molecule has 0 amide bonds. The molecule has 0 saturated heterocycles. The summed E-state index contributed by atoms with van der Waals surface area (Å²) in [7, 11) is 0. The van der Waals surface area contributed by atoms with Gasteiger partial charge in [-0.1, -0.05) is 22.9 Å². The number of benzene rings is 1. The maximum atomic E-state index is 13.3. The molecule has 102 valence electrons. The lowest BCUT2D eigenvalue weighted by atomic mass is 10.0. The third-order valence-corrected chi connectivity index (χ3v) is 4.66. The van der Waals surface area contributed by atoms with Gasteiger partial charge in [-0.2, -0.15) is 0 Å². The van der Waals surface area contributed by atoms with Crippen molar-refractivity contribution in [1.82, 2.24) is 10.3 Å². The normalized spacial score (nSPS) is 12.6. The fourth-order valence-electron chi connectivity index (χ4n) is 1.98. The number of halogens is 2. The van der Waals surface area contributed by atoms with Crippen molar-refractivity contribution < 1.29 is 4.39 Å². The van der Waals surface area contributed by atoms with Gasteiger partial charge in [0.05, 0.1) is 5.01 Å². The highest BCUT2D eigenvalue weighted by atomic mass is 79.9. The topological polar surface area (TPSA) is 24.9 Å². The third kappa shape index (κ3) is 3.84. The highest BCUT2D eigenvalue weighted by Gasteiger charge is 2.15. The van der Waals surface area contributed by atoms with E-state index < -0.39 is 0 Å². The van der Waals surface area contributed by atoms with Crippen molar-refractivity contribution in [2.75, 3.05) is 6.54 Å². The van der Waals surface area contributed by atoms with Gasteiger partial charge in [-0.05, 0) is 43.7 Å². The summed E-state index contributed by atoms with van der Waals surface area (Å²) in [4.78, 5) is 5.48. The summed E-state index contributed by atoms with van der Waals surface area (Å²) in [5.74, 6) is -0.200. The van der Waals surface area contributed by atoms with Gasteiger partial charge < -0.3 is 5.32 Å². The van der Waals surface area contributed by atoms with E-state index in [9.17, 15) is 4.39 Å². The first-order chi connectivity index (χ1) is 9.10. The molecule has 0 aliphatic carbocycles. The van der Waals surface area contributed by atoms with Crippen molar-refractivity contribution in [3.8, 4) is 0 Å². The lowest BCUT2D eigenvalue weighted by molar-refractivity contribution is 0.553. The van der Waals surface area contributed by atoms with Gasteiger partial charge in [0.25, 0.3) is 0 Å². The lowest BCUT2D eigenvalue weighted by Gasteiger charge is -2.17. The lowest BCUT2D eigenvalue weighted by Crippen LogP contribution is -2.22. The Morgan fingerprint density at radius 1 is 1.47 bits per heavy atom. The Bertz CT molecular complexity index is 556. The SMILES string of the molecule is CCNC(Cc1cc(F)ccc1Br)c1cnc(C)s1. The minimum Gasteiger partial charge on any atom is -0.309 e. The first-order valence-corrected chi connectivity index (χ1v) is 7.80. The van der Waals surface area contributed by atoms with Gasteiger partial charge in [-0.3, -0.25) is 0 Å². The summed E-state index contributed by atoms with van der Waals surface area (Å²) in [6.07, 6.45) is 2.65. The molecule has 0 aliphatic rings. The van der Waals surface area contributed by atoms with Crippen molar-refractivity contribution in [2.24, 2.45) is 0 Å². The monoisotopic (exact) mass is 342 g/mol. The fraction of sp³-hybridized carbons (Fsp3) is 0.357. The molecule has 1 heterocycles. The molecule has 0 bridgehead atoms. The number of nitrogens with zero attached hydrogens (tertiary/aromatic N) is 1. The second-order valence-corrected chi connectivity index (χ2v) is 6.45. The first-order valence-electron chi connectivity index (χ1n) is 6.19. The molecule has 0 fully saturated rings. The summed E-state index contributed by atoms with van der Waals surface area (Å²) in [5.41, 5.74) is 0.969. The van der Waals surface area contributed by atoms with Crippen LogP contribution in [0.2, 0.25) is 0 Å². The Hall–Kier alpha value is -0.780. The van der Waals surface area contributed by atoms with Crippen molar-refractivity contribution in [3.05, 3.63) is 50.1 Å². The van der Waals surface area contributed by atoms with E-state index in [0.29, 0.717) is 0 Å². The van der Waals surface area contributed by atoms with Crippen LogP contribution in [0.15, 0.2) is 28.9 Å². The van der Waals surface area contributed by atoms with Gasteiger partial charge in [-0.15, -0.1) is 11.3 Å². The zero-order chi connectivity index (χ0) is 13.8. The molecule has 1 aromatic carbocycles. The van der Waals surface area contributed by atoms with Crippen LogP contribution in [0.25, 0.3) is 0 Å². The Kier molecular flexibility index (Phi) is 5.07. The van der Waals surface area contributed by atoms with E-state index >= 15 is 0 Å². The number of thiazole rings is 1. The van der Waals surface area contributed by atoms with Crippen LogP contribution in [0.3, 0.4) is 0 Å². The van der Waals surface area contributed by atoms with E-state index in [2.05, 4.69) is 33.2 Å². The van der Waals surface area contributed by atoms with Crippen LogP contribution < -0.4 is 5.32 Å². The Morgan fingerprint density at radius 2 is 2.26 bits per heavy atom. The highest BCUT2D eigenvalue weighted by molar-refractivity contribution is 9.10. The average Bonchev–Trinajstić information content (AvgIpc) is 2.80. The average molecular weight is 343 g/mol. The molecular weight excluding hydrogens is 327 g/mol. The molecule has 2 rings (SSSR count). The maximum Gasteiger partial charge on any atom is 0.123 e. The van der Waals surface area contributed by atoms with Crippen molar-refractivity contribution in [2.45, 2.75) is 26.3 Å². The van der Waals surface area contributed by atoms with E-state index in [0.717, 1.165) is 28.0 Å². The van der Waals surface area contributed by atoms with Crippen molar-refractivity contribution in [1.29, 1.82) is 0 Å². The molecule has 19 heavy (non-hydrogen) atoms. The van der Waals surface area contributed by atoms with E-state index in [4.69, 9.17) is 0 Å². The molecule has 0 radical (unpaired) electrons. The van der Waals surface area contributed by atoms with Gasteiger partial charge in [0.1, 0.15) is 5.82 Å². The molecule has 5 heteroatoms. The molecule has 2 aromatic rings. The summed E-state index contributed by atoms with van der Waals surface area (Å²) in [6.45, 7) is 4.94. The van der Waals surface area contributed by atoms with E-state index in [1.54, 1.807) is 23.5 Å². The molecule has 0 spiro atoms. The summed E-state index contributed by atoms with van der Waals surface area (Å²) >= 11 is 5.16. The Morgan fingerprint density at radius 3 is 2.89 bits per heavy atom. The number of hydrogen-bond acceptors (Lipinski definition) is 3. The minimum atomic E-state index is -0.200. The molecule has 1 aromatic heterocycles. The van der Waals surface area contributed by atoms with Crippen LogP contribution in [0, 0.1) is 12.7 Å². The second kappa shape index (κ2) is 6.59. The number of nitrogens with one attached hydrogen (secondary N) is 1. The van der Waals surface area contributed by atoms with Crippen LogP contribution >= 0.6 is 27.3 Å². The van der Waals surface area contributed by atoms with Gasteiger partial charge in [0.15, 0.2) is 0 Å². The van der Waals surface area contributed by atoms with Crippen molar-refractivity contribution >= 4 is 27.3 Å². The maximum absolute atomic E-state index is 13.3. The number of hydrogen-bond donors (Lipinski definition) is 1. The predicted octanol–water partition coefficient (Wildman–Crippen LogP) is 4.25. The van der Waals surface area contributed by atoms with Crippen LogP contribution in [-0.2, 0) is 6.42 Å². The molecule has 2 nitrogen and oxygen atoms in total. The molecule has 1 unspecified atom stereocenters. The molecule has 0 saturated carbocycles. The molecule has 1 N–H and O–H groups in total.